The number of rotatable bonds is 5. The first kappa shape index (κ1) is 13.7. The van der Waals surface area contributed by atoms with Crippen LogP contribution in [0.1, 0.15) is 31.0 Å². The predicted molar refractivity (Wildman–Crippen MR) is 73.5 cm³/mol. The molecule has 2 nitrogen and oxygen atoms in total. The van der Waals surface area contributed by atoms with Crippen LogP contribution in [0.25, 0.3) is 0 Å². The second-order valence-corrected chi connectivity index (χ2v) is 5.45. The zero-order valence-corrected chi connectivity index (χ0v) is 11.8. The first-order valence-electron chi connectivity index (χ1n) is 5.74. The molecule has 0 radical (unpaired) electrons. The van der Waals surface area contributed by atoms with Gasteiger partial charge >= 0.3 is 0 Å². The monoisotopic (exact) mass is 284 g/mol. The standard InChI is InChI=1S/C13H21BrN2/c1-9(2)8-16-13(7-15)11-4-5-12(14)10(3)6-11/h4-6,9,13,16H,7-8,15H2,1-3H3. The van der Waals surface area contributed by atoms with Crippen molar-refractivity contribution >= 4 is 15.9 Å². The molecule has 1 atom stereocenters. The molecule has 3 N–H and O–H groups in total. The highest BCUT2D eigenvalue weighted by Gasteiger charge is 2.10. The Morgan fingerprint density at radius 1 is 1.38 bits per heavy atom. The lowest BCUT2D eigenvalue weighted by molar-refractivity contribution is 0.479. The van der Waals surface area contributed by atoms with Gasteiger partial charge in [-0.3, -0.25) is 0 Å². The fraction of sp³-hybridized carbons (Fsp3) is 0.538. The first-order chi connectivity index (χ1) is 7.54. The van der Waals surface area contributed by atoms with E-state index in [1.165, 1.54) is 11.1 Å². The minimum absolute atomic E-state index is 0.259. The van der Waals surface area contributed by atoms with Crippen LogP contribution in [-0.2, 0) is 0 Å². The Kier molecular flexibility index (Phi) is 5.46. The van der Waals surface area contributed by atoms with Crippen LogP contribution in [0.3, 0.4) is 0 Å². The van der Waals surface area contributed by atoms with Crippen LogP contribution < -0.4 is 11.1 Å². The molecule has 1 aromatic carbocycles. The molecule has 1 rings (SSSR count). The summed E-state index contributed by atoms with van der Waals surface area (Å²) < 4.78 is 1.15. The number of halogens is 1. The molecule has 1 unspecified atom stereocenters. The highest BCUT2D eigenvalue weighted by molar-refractivity contribution is 9.10. The highest BCUT2D eigenvalue weighted by atomic mass is 79.9. The van der Waals surface area contributed by atoms with E-state index >= 15 is 0 Å². The van der Waals surface area contributed by atoms with Gasteiger partial charge in [0.25, 0.3) is 0 Å². The summed E-state index contributed by atoms with van der Waals surface area (Å²) in [6.07, 6.45) is 0. The highest BCUT2D eigenvalue weighted by Crippen LogP contribution is 2.21. The van der Waals surface area contributed by atoms with Crippen molar-refractivity contribution < 1.29 is 0 Å². The van der Waals surface area contributed by atoms with E-state index < -0.39 is 0 Å². The molecule has 0 fully saturated rings. The smallest absolute Gasteiger partial charge is 0.0444 e. The Hall–Kier alpha value is -0.380. The molecule has 90 valence electrons. The lowest BCUT2D eigenvalue weighted by Crippen LogP contribution is -2.31. The summed E-state index contributed by atoms with van der Waals surface area (Å²) in [5, 5.41) is 3.49. The average Bonchev–Trinajstić information content (AvgIpc) is 2.23. The van der Waals surface area contributed by atoms with Crippen molar-refractivity contribution in [3.8, 4) is 0 Å². The fourth-order valence-corrected chi connectivity index (χ4v) is 1.85. The average molecular weight is 285 g/mol. The number of nitrogens with two attached hydrogens (primary N) is 1. The van der Waals surface area contributed by atoms with Crippen LogP contribution in [-0.4, -0.2) is 13.1 Å². The van der Waals surface area contributed by atoms with Crippen molar-refractivity contribution in [3.63, 3.8) is 0 Å². The van der Waals surface area contributed by atoms with E-state index in [0.717, 1.165) is 11.0 Å². The molecule has 0 aromatic heterocycles. The van der Waals surface area contributed by atoms with Gasteiger partial charge in [-0.1, -0.05) is 41.9 Å². The Labute approximate surface area is 107 Å². The molecule has 0 heterocycles. The van der Waals surface area contributed by atoms with Crippen molar-refractivity contribution in [3.05, 3.63) is 33.8 Å². The molecule has 0 spiro atoms. The molecule has 16 heavy (non-hydrogen) atoms. The molecule has 1 aromatic rings. The summed E-state index contributed by atoms with van der Waals surface area (Å²) in [4.78, 5) is 0. The van der Waals surface area contributed by atoms with Crippen LogP contribution in [0.15, 0.2) is 22.7 Å². The van der Waals surface area contributed by atoms with Gasteiger partial charge in [-0.2, -0.15) is 0 Å². The van der Waals surface area contributed by atoms with Gasteiger partial charge < -0.3 is 11.1 Å². The quantitative estimate of drug-likeness (QED) is 0.872. The van der Waals surface area contributed by atoms with Crippen LogP contribution >= 0.6 is 15.9 Å². The molecule has 0 saturated heterocycles. The van der Waals surface area contributed by atoms with Gasteiger partial charge in [0.1, 0.15) is 0 Å². The van der Waals surface area contributed by atoms with Crippen LogP contribution in [0.4, 0.5) is 0 Å². The minimum Gasteiger partial charge on any atom is -0.329 e. The lowest BCUT2D eigenvalue weighted by Gasteiger charge is -2.19. The van der Waals surface area contributed by atoms with Gasteiger partial charge in [-0.05, 0) is 36.6 Å². The normalized spacial score (nSPS) is 13.1. The molecule has 0 aliphatic carbocycles. The van der Waals surface area contributed by atoms with E-state index in [1.807, 2.05) is 0 Å². The summed E-state index contributed by atoms with van der Waals surface area (Å²) in [6, 6.07) is 6.66. The minimum atomic E-state index is 0.259. The van der Waals surface area contributed by atoms with Crippen molar-refractivity contribution in [2.75, 3.05) is 13.1 Å². The zero-order valence-electron chi connectivity index (χ0n) is 10.3. The van der Waals surface area contributed by atoms with Gasteiger partial charge in [-0.25, -0.2) is 0 Å². The third kappa shape index (κ3) is 3.89. The Morgan fingerprint density at radius 2 is 2.06 bits per heavy atom. The number of aryl methyl sites for hydroxylation is 1. The van der Waals surface area contributed by atoms with E-state index in [2.05, 4.69) is 60.2 Å². The van der Waals surface area contributed by atoms with E-state index in [9.17, 15) is 0 Å². The summed E-state index contributed by atoms with van der Waals surface area (Å²) in [5.74, 6) is 0.644. The molecule has 3 heteroatoms. The van der Waals surface area contributed by atoms with E-state index in [1.54, 1.807) is 0 Å². The van der Waals surface area contributed by atoms with Gasteiger partial charge in [0.05, 0.1) is 0 Å². The van der Waals surface area contributed by atoms with E-state index in [0.29, 0.717) is 12.5 Å². The van der Waals surface area contributed by atoms with Crippen molar-refractivity contribution in [1.29, 1.82) is 0 Å². The maximum atomic E-state index is 5.80. The third-order valence-corrected chi connectivity index (χ3v) is 3.48. The molecule has 0 saturated carbocycles. The number of hydrogen-bond acceptors (Lipinski definition) is 2. The van der Waals surface area contributed by atoms with E-state index in [-0.39, 0.29) is 6.04 Å². The van der Waals surface area contributed by atoms with Gasteiger partial charge in [0.15, 0.2) is 0 Å². The van der Waals surface area contributed by atoms with Gasteiger partial charge in [-0.15, -0.1) is 0 Å². The Morgan fingerprint density at radius 3 is 2.56 bits per heavy atom. The van der Waals surface area contributed by atoms with Crippen LogP contribution in [0.2, 0.25) is 0 Å². The molecule has 0 amide bonds. The fourth-order valence-electron chi connectivity index (χ4n) is 1.60. The molecule has 0 bridgehead atoms. The summed E-state index contributed by atoms with van der Waals surface area (Å²) in [5.41, 5.74) is 8.32. The second-order valence-electron chi connectivity index (χ2n) is 4.60. The lowest BCUT2D eigenvalue weighted by atomic mass is 10.0. The maximum Gasteiger partial charge on any atom is 0.0444 e. The van der Waals surface area contributed by atoms with Crippen molar-refractivity contribution in [1.82, 2.24) is 5.32 Å². The van der Waals surface area contributed by atoms with E-state index in [4.69, 9.17) is 5.73 Å². The third-order valence-electron chi connectivity index (χ3n) is 2.59. The molecular formula is C13H21BrN2. The Bertz CT molecular complexity index is 337. The van der Waals surface area contributed by atoms with Gasteiger partial charge in [0, 0.05) is 17.1 Å². The summed E-state index contributed by atoms with van der Waals surface area (Å²) in [7, 11) is 0. The molecule has 0 aliphatic rings. The predicted octanol–water partition coefficient (Wildman–Crippen LogP) is 3.00. The van der Waals surface area contributed by atoms with Crippen molar-refractivity contribution in [2.45, 2.75) is 26.8 Å². The first-order valence-corrected chi connectivity index (χ1v) is 6.53. The van der Waals surface area contributed by atoms with Crippen LogP contribution in [0, 0.1) is 12.8 Å². The summed E-state index contributed by atoms with van der Waals surface area (Å²) in [6.45, 7) is 8.13. The summed E-state index contributed by atoms with van der Waals surface area (Å²) >= 11 is 3.51. The molecule has 0 aliphatic heterocycles. The van der Waals surface area contributed by atoms with Crippen LogP contribution in [0.5, 0.6) is 0 Å². The molecular weight excluding hydrogens is 264 g/mol. The number of nitrogens with one attached hydrogen (secondary N) is 1. The second kappa shape index (κ2) is 6.38. The van der Waals surface area contributed by atoms with Crippen molar-refractivity contribution in [2.24, 2.45) is 11.7 Å². The SMILES string of the molecule is Cc1cc(C(CN)NCC(C)C)ccc1Br. The zero-order chi connectivity index (χ0) is 12.1. The number of benzene rings is 1. The Balaban J connectivity index is 2.74. The largest absolute Gasteiger partial charge is 0.329 e. The topological polar surface area (TPSA) is 38.0 Å². The maximum absolute atomic E-state index is 5.80. The number of hydrogen-bond donors (Lipinski definition) is 2. The van der Waals surface area contributed by atoms with Gasteiger partial charge in [0.2, 0.25) is 0 Å².